The number of nitrogens with one attached hydrogen (secondary N) is 1. The highest BCUT2D eigenvalue weighted by Gasteiger charge is 2.10. The summed E-state index contributed by atoms with van der Waals surface area (Å²) in [7, 11) is 0. The van der Waals surface area contributed by atoms with Gasteiger partial charge in [-0.2, -0.15) is 5.26 Å². The van der Waals surface area contributed by atoms with Crippen LogP contribution in [0, 0.1) is 17.2 Å². The smallest absolute Gasteiger partial charge is 0.142 e. The maximum Gasteiger partial charge on any atom is 0.142 e. The van der Waals surface area contributed by atoms with Crippen LogP contribution in [0.2, 0.25) is 0 Å². The molecule has 0 aromatic carbocycles. The molecule has 0 amide bonds. The number of hydrogen-bond acceptors (Lipinski definition) is 4. The van der Waals surface area contributed by atoms with E-state index in [1.807, 2.05) is 6.26 Å². The first-order valence-electron chi connectivity index (χ1n) is 5.13. The van der Waals surface area contributed by atoms with E-state index >= 15 is 0 Å². The van der Waals surface area contributed by atoms with Crippen LogP contribution < -0.4 is 5.32 Å². The average Bonchev–Trinajstić information content (AvgIpc) is 2.27. The van der Waals surface area contributed by atoms with Gasteiger partial charge >= 0.3 is 0 Å². The number of rotatable bonds is 6. The van der Waals surface area contributed by atoms with Crippen LogP contribution in [0.3, 0.4) is 0 Å². The molecule has 0 heterocycles. The minimum Gasteiger partial charge on any atom is -0.376 e. The van der Waals surface area contributed by atoms with Gasteiger partial charge in [0.1, 0.15) is 12.4 Å². The maximum absolute atomic E-state index is 10.2. The molecule has 0 aliphatic rings. The number of aldehydes is 1. The van der Waals surface area contributed by atoms with Crippen molar-refractivity contribution in [2.75, 3.05) is 6.26 Å². The zero-order valence-corrected chi connectivity index (χ0v) is 11.0. The van der Waals surface area contributed by atoms with E-state index in [9.17, 15) is 4.79 Å². The monoisotopic (exact) mass is 238 g/mol. The maximum atomic E-state index is 10.2. The van der Waals surface area contributed by atoms with Gasteiger partial charge in [0.2, 0.25) is 0 Å². The van der Waals surface area contributed by atoms with Crippen LogP contribution in [-0.2, 0) is 4.79 Å². The van der Waals surface area contributed by atoms with E-state index in [1.165, 1.54) is 23.9 Å². The van der Waals surface area contributed by atoms with Crippen molar-refractivity contribution in [1.29, 1.82) is 5.26 Å². The molecule has 0 bridgehead atoms. The van der Waals surface area contributed by atoms with E-state index in [0.717, 1.165) is 5.03 Å². The van der Waals surface area contributed by atoms with Crippen molar-refractivity contribution < 1.29 is 4.79 Å². The number of nitriles is 1. The van der Waals surface area contributed by atoms with E-state index in [0.29, 0.717) is 17.8 Å². The van der Waals surface area contributed by atoms with Gasteiger partial charge in [0.15, 0.2) is 0 Å². The summed E-state index contributed by atoms with van der Waals surface area (Å²) in [5.74, 6) is 0.483. The number of allylic oxidation sites excluding steroid dienone is 3. The molecule has 1 unspecified atom stereocenters. The minimum absolute atomic E-state index is 0.287. The molecule has 0 saturated carbocycles. The van der Waals surface area contributed by atoms with Crippen LogP contribution in [0.15, 0.2) is 22.8 Å². The zero-order valence-electron chi connectivity index (χ0n) is 10.2. The number of nitrogens with zero attached hydrogens (tertiary/aromatic N) is 1. The van der Waals surface area contributed by atoms with Gasteiger partial charge in [0.25, 0.3) is 0 Å². The number of thioether (sulfide) groups is 1. The van der Waals surface area contributed by atoms with E-state index in [2.05, 4.69) is 32.2 Å². The molecule has 3 nitrogen and oxygen atoms in total. The first kappa shape index (κ1) is 14.8. The van der Waals surface area contributed by atoms with Crippen LogP contribution >= 0.6 is 11.8 Å². The molecule has 0 aromatic rings. The van der Waals surface area contributed by atoms with Crippen molar-refractivity contribution in [2.24, 2.45) is 5.92 Å². The molecule has 88 valence electrons. The van der Waals surface area contributed by atoms with E-state index in [-0.39, 0.29) is 6.04 Å². The Balaban J connectivity index is 4.91. The van der Waals surface area contributed by atoms with Gasteiger partial charge in [0.05, 0.1) is 10.6 Å². The summed E-state index contributed by atoms with van der Waals surface area (Å²) in [5.41, 5.74) is 0.493. The van der Waals surface area contributed by atoms with E-state index < -0.39 is 0 Å². The van der Waals surface area contributed by atoms with Gasteiger partial charge in [-0.1, -0.05) is 13.8 Å². The van der Waals surface area contributed by atoms with Gasteiger partial charge < -0.3 is 5.32 Å². The quantitative estimate of drug-likeness (QED) is 0.334. The third-order valence-corrected chi connectivity index (χ3v) is 3.02. The number of carbonyl (C=O) groups excluding carboxylic acids is 1. The fraction of sp³-hybridized carbons (Fsp3) is 0.500. The first-order valence-corrected chi connectivity index (χ1v) is 6.36. The highest BCUT2D eigenvalue weighted by atomic mass is 32.2. The van der Waals surface area contributed by atoms with Crippen molar-refractivity contribution in [2.45, 2.75) is 26.8 Å². The van der Waals surface area contributed by atoms with Gasteiger partial charge in [0, 0.05) is 6.04 Å². The van der Waals surface area contributed by atoms with Gasteiger partial charge in [-0.25, -0.2) is 0 Å². The van der Waals surface area contributed by atoms with E-state index in [1.54, 1.807) is 0 Å². The third-order valence-electron chi connectivity index (χ3n) is 2.27. The second-order valence-electron chi connectivity index (χ2n) is 3.73. The fourth-order valence-corrected chi connectivity index (χ4v) is 1.56. The van der Waals surface area contributed by atoms with E-state index in [4.69, 9.17) is 5.26 Å². The summed E-state index contributed by atoms with van der Waals surface area (Å²) in [4.78, 5) is 10.2. The molecule has 0 spiro atoms. The van der Waals surface area contributed by atoms with Crippen molar-refractivity contribution in [3.8, 4) is 6.07 Å². The predicted molar refractivity (Wildman–Crippen MR) is 68.8 cm³/mol. The molecule has 0 aromatic heterocycles. The molecule has 0 rings (SSSR count). The zero-order chi connectivity index (χ0) is 12.6. The van der Waals surface area contributed by atoms with Gasteiger partial charge in [-0.15, -0.1) is 11.8 Å². The Bertz CT molecular complexity index is 326. The third kappa shape index (κ3) is 5.04. The van der Waals surface area contributed by atoms with Crippen molar-refractivity contribution >= 4 is 18.0 Å². The standard InChI is InChI=1S/C12H18N2OS/c1-9(2)10(3)14-12(16-4)11(8-13)6-5-7-15/h5-7,9-10,14H,1-4H3/b6-5+,12-11+. The highest BCUT2D eigenvalue weighted by molar-refractivity contribution is 8.02. The fourth-order valence-electron chi connectivity index (χ4n) is 0.919. The molecule has 1 N–H and O–H groups in total. The highest BCUT2D eigenvalue weighted by Crippen LogP contribution is 2.17. The molecule has 1 atom stereocenters. The Morgan fingerprint density at radius 1 is 1.44 bits per heavy atom. The number of hydrogen-bond donors (Lipinski definition) is 1. The molecular weight excluding hydrogens is 220 g/mol. The summed E-state index contributed by atoms with van der Waals surface area (Å²) < 4.78 is 0. The molecule has 16 heavy (non-hydrogen) atoms. The lowest BCUT2D eigenvalue weighted by Crippen LogP contribution is -2.29. The predicted octanol–water partition coefficient (Wildman–Crippen LogP) is 2.47. The lowest BCUT2D eigenvalue weighted by Gasteiger charge is -2.20. The second kappa shape index (κ2) is 8.00. The lowest BCUT2D eigenvalue weighted by molar-refractivity contribution is -0.104. The van der Waals surface area contributed by atoms with Crippen LogP contribution in [-0.4, -0.2) is 18.6 Å². The van der Waals surface area contributed by atoms with Crippen molar-refractivity contribution in [3.63, 3.8) is 0 Å². The summed E-state index contributed by atoms with van der Waals surface area (Å²) >= 11 is 1.48. The molecule has 0 saturated heterocycles. The average molecular weight is 238 g/mol. The minimum atomic E-state index is 0.287. The summed E-state index contributed by atoms with van der Waals surface area (Å²) in [6, 6.07) is 2.37. The Hall–Kier alpha value is -1.21. The van der Waals surface area contributed by atoms with Crippen molar-refractivity contribution in [3.05, 3.63) is 22.8 Å². The Morgan fingerprint density at radius 2 is 2.06 bits per heavy atom. The van der Waals surface area contributed by atoms with Crippen LogP contribution in [0.4, 0.5) is 0 Å². The topological polar surface area (TPSA) is 52.9 Å². The Morgan fingerprint density at radius 3 is 2.44 bits per heavy atom. The molecule has 0 aliphatic carbocycles. The lowest BCUT2D eigenvalue weighted by atomic mass is 10.1. The Kier molecular flexibility index (Phi) is 7.40. The number of carbonyl (C=O) groups is 1. The van der Waals surface area contributed by atoms with Gasteiger partial charge in [-0.3, -0.25) is 4.79 Å². The summed E-state index contributed by atoms with van der Waals surface area (Å²) in [6.45, 7) is 6.30. The van der Waals surface area contributed by atoms with Crippen LogP contribution in [0.1, 0.15) is 20.8 Å². The van der Waals surface area contributed by atoms with Crippen molar-refractivity contribution in [1.82, 2.24) is 5.32 Å². The molecule has 0 radical (unpaired) electrons. The normalized spacial score (nSPS) is 14.5. The molecule has 0 aliphatic heterocycles. The van der Waals surface area contributed by atoms with Crippen LogP contribution in [0.5, 0.6) is 0 Å². The SMILES string of the molecule is CS/C(NC(C)C(C)C)=C(C#N)\C=C\C=O. The largest absolute Gasteiger partial charge is 0.376 e. The Labute approximate surface area is 102 Å². The van der Waals surface area contributed by atoms with Crippen LogP contribution in [0.25, 0.3) is 0 Å². The van der Waals surface area contributed by atoms with Gasteiger partial charge in [-0.05, 0) is 31.2 Å². The molecule has 0 fully saturated rings. The first-order chi connectivity index (χ1) is 7.56. The molecule has 4 heteroatoms. The molecular formula is C12H18N2OS. The summed E-state index contributed by atoms with van der Waals surface area (Å²) in [5, 5.41) is 13.1. The summed E-state index contributed by atoms with van der Waals surface area (Å²) in [6.07, 6.45) is 5.43. The second-order valence-corrected chi connectivity index (χ2v) is 4.55.